The summed E-state index contributed by atoms with van der Waals surface area (Å²) in [6.45, 7) is 2.26. The zero-order valence-corrected chi connectivity index (χ0v) is 6.76. The highest BCUT2D eigenvalue weighted by Gasteiger charge is 2.04. The van der Waals surface area contributed by atoms with Crippen LogP contribution in [0.15, 0.2) is 0 Å². The molecule has 0 aromatic heterocycles. The monoisotopic (exact) mass is 154 g/mol. The number of nitrogens with one attached hydrogen (secondary N) is 1. The van der Waals surface area contributed by atoms with Crippen molar-refractivity contribution in [2.75, 3.05) is 6.54 Å². The predicted octanol–water partition coefficient (Wildman–Crippen LogP) is -0.137. The quantitative estimate of drug-likeness (QED) is 0.437. The van der Waals surface area contributed by atoms with E-state index in [0.717, 1.165) is 6.42 Å². The number of carbonyl (C=O) groups excluding carboxylic acids is 1. The number of nitrogens with two attached hydrogens (primary N) is 1. The zero-order valence-electron chi connectivity index (χ0n) is 6.76. The highest BCUT2D eigenvalue weighted by molar-refractivity contribution is 5.80. The topological polar surface area (TPSA) is 55.1 Å². The van der Waals surface area contributed by atoms with Gasteiger partial charge in [-0.15, -0.1) is 12.3 Å². The van der Waals surface area contributed by atoms with Crippen molar-refractivity contribution in [1.82, 2.24) is 5.32 Å². The number of unbranched alkanes of at least 4 members (excludes halogenated alkanes) is 1. The summed E-state index contributed by atoms with van der Waals surface area (Å²) in [4.78, 5) is 10.8. The van der Waals surface area contributed by atoms with Gasteiger partial charge in [0.1, 0.15) is 0 Å². The first kappa shape index (κ1) is 9.99. The van der Waals surface area contributed by atoms with E-state index >= 15 is 0 Å². The number of carbonyl (C=O) groups is 1. The summed E-state index contributed by atoms with van der Waals surface area (Å²) in [6, 6.07) is -0.430. The van der Waals surface area contributed by atoms with Gasteiger partial charge in [-0.05, 0) is 13.3 Å². The van der Waals surface area contributed by atoms with Gasteiger partial charge in [0.2, 0.25) is 5.91 Å². The van der Waals surface area contributed by atoms with Crippen molar-refractivity contribution in [3.05, 3.63) is 0 Å². The van der Waals surface area contributed by atoms with Crippen molar-refractivity contribution in [1.29, 1.82) is 0 Å². The average Bonchev–Trinajstić information content (AvgIpc) is 1.97. The maximum Gasteiger partial charge on any atom is 0.236 e. The van der Waals surface area contributed by atoms with Gasteiger partial charge in [0.05, 0.1) is 6.04 Å². The zero-order chi connectivity index (χ0) is 8.69. The Kier molecular flexibility index (Phi) is 5.22. The maximum atomic E-state index is 10.8. The van der Waals surface area contributed by atoms with Crippen LogP contribution in [0.1, 0.15) is 19.8 Å². The summed E-state index contributed by atoms with van der Waals surface area (Å²) in [7, 11) is 0. The molecule has 1 atom stereocenters. The summed E-state index contributed by atoms with van der Waals surface area (Å²) < 4.78 is 0. The molecule has 0 unspecified atom stereocenters. The van der Waals surface area contributed by atoms with Crippen LogP contribution >= 0.6 is 0 Å². The van der Waals surface area contributed by atoms with Gasteiger partial charge < -0.3 is 11.1 Å². The Bertz CT molecular complexity index is 158. The largest absolute Gasteiger partial charge is 0.355 e. The summed E-state index contributed by atoms with van der Waals surface area (Å²) in [5, 5.41) is 2.66. The fourth-order valence-corrected chi connectivity index (χ4v) is 0.563. The first-order valence-corrected chi connectivity index (χ1v) is 3.65. The van der Waals surface area contributed by atoms with E-state index in [4.69, 9.17) is 12.2 Å². The highest BCUT2D eigenvalue weighted by Crippen LogP contribution is 1.83. The standard InChI is InChI=1S/C8H14N2O/c1-3-4-5-6-10-8(11)7(2)9/h1,7H,4-6,9H2,2H3,(H,10,11)/t7-/m0/s1. The Balaban J connectivity index is 3.26. The molecule has 0 rings (SSSR count). The maximum absolute atomic E-state index is 10.8. The van der Waals surface area contributed by atoms with Gasteiger partial charge in [0.15, 0.2) is 0 Å². The molecule has 0 heterocycles. The number of hydrogen-bond donors (Lipinski definition) is 2. The molecule has 3 heteroatoms. The van der Waals surface area contributed by atoms with Gasteiger partial charge in [0, 0.05) is 13.0 Å². The van der Waals surface area contributed by atoms with Gasteiger partial charge in [-0.2, -0.15) is 0 Å². The van der Waals surface area contributed by atoms with Crippen LogP contribution in [0.25, 0.3) is 0 Å². The Morgan fingerprint density at radius 2 is 2.45 bits per heavy atom. The minimum absolute atomic E-state index is 0.123. The van der Waals surface area contributed by atoms with Gasteiger partial charge >= 0.3 is 0 Å². The van der Waals surface area contributed by atoms with Gasteiger partial charge in [0.25, 0.3) is 0 Å². The van der Waals surface area contributed by atoms with Crippen LogP contribution in [0.5, 0.6) is 0 Å². The molecule has 0 aromatic rings. The summed E-state index contributed by atoms with van der Waals surface area (Å²) >= 11 is 0. The molecule has 0 aromatic carbocycles. The molecule has 0 saturated carbocycles. The first-order chi connectivity index (χ1) is 5.18. The Morgan fingerprint density at radius 3 is 2.91 bits per heavy atom. The van der Waals surface area contributed by atoms with Crippen LogP contribution in [-0.4, -0.2) is 18.5 Å². The number of hydrogen-bond acceptors (Lipinski definition) is 2. The second-order valence-electron chi connectivity index (χ2n) is 2.39. The average molecular weight is 154 g/mol. The van der Waals surface area contributed by atoms with E-state index in [1.165, 1.54) is 0 Å². The van der Waals surface area contributed by atoms with E-state index in [1.54, 1.807) is 6.92 Å². The SMILES string of the molecule is C#CCCCNC(=O)[C@H](C)N. The van der Waals surface area contributed by atoms with Gasteiger partial charge in [-0.3, -0.25) is 4.79 Å². The van der Waals surface area contributed by atoms with E-state index in [-0.39, 0.29) is 5.91 Å². The van der Waals surface area contributed by atoms with Crippen LogP contribution in [0.3, 0.4) is 0 Å². The normalized spacial score (nSPS) is 11.7. The Hall–Kier alpha value is -1.01. The van der Waals surface area contributed by atoms with Crippen molar-refractivity contribution in [3.63, 3.8) is 0 Å². The van der Waals surface area contributed by atoms with E-state index in [0.29, 0.717) is 13.0 Å². The van der Waals surface area contributed by atoms with E-state index in [2.05, 4.69) is 11.2 Å². The van der Waals surface area contributed by atoms with Crippen molar-refractivity contribution in [3.8, 4) is 12.3 Å². The smallest absolute Gasteiger partial charge is 0.236 e. The third-order valence-corrected chi connectivity index (χ3v) is 1.21. The fourth-order valence-electron chi connectivity index (χ4n) is 0.563. The molecule has 0 aliphatic heterocycles. The first-order valence-electron chi connectivity index (χ1n) is 3.65. The fraction of sp³-hybridized carbons (Fsp3) is 0.625. The highest BCUT2D eigenvalue weighted by atomic mass is 16.2. The van der Waals surface area contributed by atoms with Crippen LogP contribution in [-0.2, 0) is 4.79 Å². The Morgan fingerprint density at radius 1 is 1.82 bits per heavy atom. The third-order valence-electron chi connectivity index (χ3n) is 1.21. The summed E-state index contributed by atoms with van der Waals surface area (Å²) in [5.41, 5.74) is 5.30. The van der Waals surface area contributed by atoms with Crippen molar-refractivity contribution >= 4 is 5.91 Å². The second kappa shape index (κ2) is 5.75. The molecular weight excluding hydrogens is 140 g/mol. The molecule has 1 amide bonds. The molecule has 0 bridgehead atoms. The number of rotatable bonds is 4. The molecule has 0 aliphatic rings. The molecule has 0 fully saturated rings. The minimum Gasteiger partial charge on any atom is -0.355 e. The number of amides is 1. The van der Waals surface area contributed by atoms with Crippen molar-refractivity contribution < 1.29 is 4.79 Å². The van der Waals surface area contributed by atoms with E-state index in [9.17, 15) is 4.79 Å². The lowest BCUT2D eigenvalue weighted by molar-refractivity contribution is -0.121. The van der Waals surface area contributed by atoms with E-state index in [1.807, 2.05) is 0 Å². The lowest BCUT2D eigenvalue weighted by Gasteiger charge is -2.05. The molecule has 0 saturated heterocycles. The predicted molar refractivity (Wildman–Crippen MR) is 44.7 cm³/mol. The number of terminal acetylenes is 1. The summed E-state index contributed by atoms with van der Waals surface area (Å²) in [5.74, 6) is 2.36. The Labute approximate surface area is 67.3 Å². The van der Waals surface area contributed by atoms with E-state index < -0.39 is 6.04 Å². The molecule has 0 spiro atoms. The second-order valence-corrected chi connectivity index (χ2v) is 2.39. The lowest BCUT2D eigenvalue weighted by Crippen LogP contribution is -2.38. The van der Waals surface area contributed by atoms with Crippen LogP contribution in [0.4, 0.5) is 0 Å². The van der Waals surface area contributed by atoms with Crippen molar-refractivity contribution in [2.24, 2.45) is 5.73 Å². The molecule has 0 radical (unpaired) electrons. The molecule has 3 N–H and O–H groups in total. The molecule has 0 aliphatic carbocycles. The molecular formula is C8H14N2O. The minimum atomic E-state index is -0.430. The third kappa shape index (κ3) is 5.43. The van der Waals surface area contributed by atoms with Crippen LogP contribution < -0.4 is 11.1 Å². The molecule has 62 valence electrons. The van der Waals surface area contributed by atoms with Crippen molar-refractivity contribution in [2.45, 2.75) is 25.8 Å². The molecule has 11 heavy (non-hydrogen) atoms. The van der Waals surface area contributed by atoms with Crippen LogP contribution in [0, 0.1) is 12.3 Å². The lowest BCUT2D eigenvalue weighted by atomic mass is 10.3. The molecule has 3 nitrogen and oxygen atoms in total. The van der Waals surface area contributed by atoms with Gasteiger partial charge in [-0.1, -0.05) is 0 Å². The summed E-state index contributed by atoms with van der Waals surface area (Å²) in [6.07, 6.45) is 6.53. The van der Waals surface area contributed by atoms with Crippen LogP contribution in [0.2, 0.25) is 0 Å². The van der Waals surface area contributed by atoms with Gasteiger partial charge in [-0.25, -0.2) is 0 Å².